The highest BCUT2D eigenvalue weighted by molar-refractivity contribution is 5.67. The zero-order valence-corrected chi connectivity index (χ0v) is 16.2. The van der Waals surface area contributed by atoms with Crippen LogP contribution in [-0.4, -0.2) is 49.3 Å². The highest BCUT2D eigenvalue weighted by Gasteiger charge is 2.34. The third kappa shape index (κ3) is 4.48. The molecule has 2 fully saturated rings. The molecule has 140 valence electrons. The zero-order valence-electron chi connectivity index (χ0n) is 16.2. The normalized spacial score (nSPS) is 27.4. The lowest BCUT2D eigenvalue weighted by atomic mass is 9.85. The molecule has 2 saturated heterocycles. The number of morpholine rings is 1. The van der Waals surface area contributed by atoms with Crippen molar-refractivity contribution in [3.63, 3.8) is 0 Å². The topological polar surface area (TPSA) is 41.7 Å². The van der Waals surface area contributed by atoms with Gasteiger partial charge >= 0.3 is 0 Å². The van der Waals surface area contributed by atoms with Gasteiger partial charge in [0.05, 0.1) is 23.6 Å². The maximum atomic E-state index is 6.18. The molecule has 25 heavy (non-hydrogen) atoms. The van der Waals surface area contributed by atoms with Crippen LogP contribution < -0.4 is 10.6 Å². The molecule has 2 heterocycles. The van der Waals surface area contributed by atoms with Crippen molar-refractivity contribution in [2.75, 3.05) is 36.8 Å². The van der Waals surface area contributed by atoms with Crippen LogP contribution in [0, 0.1) is 5.92 Å². The summed E-state index contributed by atoms with van der Waals surface area (Å²) in [5, 5.41) is 0. The van der Waals surface area contributed by atoms with E-state index in [-0.39, 0.29) is 0 Å². The lowest BCUT2D eigenvalue weighted by Gasteiger charge is -2.46. The predicted molar refractivity (Wildman–Crippen MR) is 106 cm³/mol. The Bertz CT molecular complexity index is 532. The molecule has 0 amide bonds. The number of hydrogen-bond donors (Lipinski definition) is 1. The molecule has 1 unspecified atom stereocenters. The fourth-order valence-electron chi connectivity index (χ4n) is 4.80. The van der Waals surface area contributed by atoms with Crippen LogP contribution in [0.15, 0.2) is 24.3 Å². The number of rotatable bonds is 5. The van der Waals surface area contributed by atoms with E-state index in [9.17, 15) is 0 Å². The maximum absolute atomic E-state index is 6.18. The molecule has 4 nitrogen and oxygen atoms in total. The second kappa shape index (κ2) is 8.41. The quantitative estimate of drug-likeness (QED) is 0.825. The number of nitrogen functional groups attached to an aromatic ring is 1. The minimum Gasteiger partial charge on any atom is -0.397 e. The summed E-state index contributed by atoms with van der Waals surface area (Å²) in [5.41, 5.74) is 8.29. The van der Waals surface area contributed by atoms with Crippen LogP contribution in [0.3, 0.4) is 0 Å². The van der Waals surface area contributed by atoms with Gasteiger partial charge in [-0.2, -0.15) is 0 Å². The van der Waals surface area contributed by atoms with E-state index >= 15 is 0 Å². The molecule has 3 atom stereocenters. The Morgan fingerprint density at radius 2 is 1.76 bits per heavy atom. The first-order chi connectivity index (χ1) is 12.1. The minimum atomic E-state index is 0.354. The monoisotopic (exact) mass is 345 g/mol. The van der Waals surface area contributed by atoms with Crippen LogP contribution in [0.2, 0.25) is 0 Å². The van der Waals surface area contributed by atoms with E-state index in [1.54, 1.807) is 0 Å². The zero-order chi connectivity index (χ0) is 17.8. The molecule has 0 radical (unpaired) electrons. The molecule has 4 heteroatoms. The van der Waals surface area contributed by atoms with E-state index in [0.29, 0.717) is 18.2 Å². The van der Waals surface area contributed by atoms with Crippen molar-refractivity contribution in [3.05, 3.63) is 24.3 Å². The van der Waals surface area contributed by atoms with Crippen LogP contribution in [0.1, 0.15) is 46.5 Å². The predicted octanol–water partition coefficient (Wildman–Crippen LogP) is 3.76. The van der Waals surface area contributed by atoms with Gasteiger partial charge in [-0.3, -0.25) is 4.90 Å². The third-order valence-corrected chi connectivity index (χ3v) is 5.86. The second-order valence-electron chi connectivity index (χ2n) is 7.95. The van der Waals surface area contributed by atoms with Crippen molar-refractivity contribution in [1.82, 2.24) is 4.90 Å². The van der Waals surface area contributed by atoms with Crippen LogP contribution >= 0.6 is 0 Å². The van der Waals surface area contributed by atoms with Crippen LogP contribution in [-0.2, 0) is 4.74 Å². The summed E-state index contributed by atoms with van der Waals surface area (Å²) in [7, 11) is 0. The molecule has 2 aliphatic rings. The van der Waals surface area contributed by atoms with Gasteiger partial charge in [0.1, 0.15) is 0 Å². The lowest BCUT2D eigenvalue weighted by Crippen LogP contribution is -2.53. The Balaban J connectivity index is 1.63. The Labute approximate surface area is 153 Å². The summed E-state index contributed by atoms with van der Waals surface area (Å²) in [4.78, 5) is 5.19. The number of para-hydroxylation sites is 2. The number of nitrogens with zero attached hydrogens (tertiary/aromatic N) is 2. The van der Waals surface area contributed by atoms with E-state index < -0.39 is 0 Å². The fourth-order valence-corrected chi connectivity index (χ4v) is 4.80. The molecule has 1 aromatic rings. The van der Waals surface area contributed by atoms with Gasteiger partial charge in [-0.05, 0) is 51.2 Å². The molecule has 2 N–H and O–H groups in total. The van der Waals surface area contributed by atoms with Gasteiger partial charge in [-0.15, -0.1) is 0 Å². The van der Waals surface area contributed by atoms with Crippen molar-refractivity contribution in [2.45, 2.75) is 64.7 Å². The van der Waals surface area contributed by atoms with Gasteiger partial charge in [-0.25, -0.2) is 0 Å². The molecule has 2 aliphatic heterocycles. The van der Waals surface area contributed by atoms with Gasteiger partial charge in [0.15, 0.2) is 0 Å². The Morgan fingerprint density at radius 1 is 1.12 bits per heavy atom. The molecule has 0 spiro atoms. The molecule has 1 aromatic carbocycles. The second-order valence-corrected chi connectivity index (χ2v) is 7.95. The average molecular weight is 346 g/mol. The van der Waals surface area contributed by atoms with Crippen LogP contribution in [0.5, 0.6) is 0 Å². The molecule has 0 saturated carbocycles. The fraction of sp³-hybridized carbons (Fsp3) is 0.714. The molecule has 0 aromatic heterocycles. The van der Waals surface area contributed by atoms with E-state index in [2.05, 4.69) is 42.7 Å². The lowest BCUT2D eigenvalue weighted by molar-refractivity contribution is -0.0894. The summed E-state index contributed by atoms with van der Waals surface area (Å²) >= 11 is 0. The van der Waals surface area contributed by atoms with Gasteiger partial charge < -0.3 is 15.4 Å². The summed E-state index contributed by atoms with van der Waals surface area (Å²) in [6.07, 6.45) is 5.80. The first-order valence-corrected chi connectivity index (χ1v) is 10.1. The highest BCUT2D eigenvalue weighted by Crippen LogP contribution is 2.32. The van der Waals surface area contributed by atoms with Gasteiger partial charge in [0.2, 0.25) is 0 Å². The van der Waals surface area contributed by atoms with Crippen LogP contribution in [0.25, 0.3) is 0 Å². The van der Waals surface area contributed by atoms with Gasteiger partial charge in [-0.1, -0.05) is 25.5 Å². The van der Waals surface area contributed by atoms with E-state index in [1.807, 2.05) is 12.1 Å². The highest BCUT2D eigenvalue weighted by atomic mass is 16.5. The van der Waals surface area contributed by atoms with Crippen molar-refractivity contribution in [1.29, 1.82) is 0 Å². The molecule has 3 rings (SSSR count). The average Bonchev–Trinajstić information content (AvgIpc) is 2.59. The molecular weight excluding hydrogens is 310 g/mol. The number of piperidine rings is 1. The summed E-state index contributed by atoms with van der Waals surface area (Å²) in [6, 6.07) is 8.98. The summed E-state index contributed by atoms with van der Waals surface area (Å²) < 4.78 is 5.96. The van der Waals surface area contributed by atoms with E-state index in [0.717, 1.165) is 37.8 Å². The van der Waals surface area contributed by atoms with E-state index in [1.165, 1.54) is 31.4 Å². The molecule has 0 aliphatic carbocycles. The van der Waals surface area contributed by atoms with Crippen LogP contribution in [0.4, 0.5) is 11.4 Å². The molecule has 0 bridgehead atoms. The van der Waals surface area contributed by atoms with Crippen molar-refractivity contribution in [3.8, 4) is 0 Å². The van der Waals surface area contributed by atoms with Crippen molar-refractivity contribution >= 4 is 11.4 Å². The Morgan fingerprint density at radius 3 is 2.36 bits per heavy atom. The Kier molecular flexibility index (Phi) is 6.24. The van der Waals surface area contributed by atoms with Crippen molar-refractivity contribution in [2.24, 2.45) is 5.92 Å². The first kappa shape index (κ1) is 18.5. The number of hydrogen-bond acceptors (Lipinski definition) is 4. The van der Waals surface area contributed by atoms with Gasteiger partial charge in [0.25, 0.3) is 0 Å². The number of anilines is 2. The largest absolute Gasteiger partial charge is 0.397 e. The standard InChI is InChI=1S/C21H35N3O/c1-4-7-20(24-14-16(2)25-17(3)15-24)18-10-12-23(13-11-18)21-9-6-5-8-19(21)22/h5-6,8-9,16-18,20H,4,7,10-15,22H2,1-3H3/t16-,17+,20?. The number of nitrogens with two attached hydrogens (primary N) is 1. The van der Waals surface area contributed by atoms with Crippen molar-refractivity contribution < 1.29 is 4.74 Å². The van der Waals surface area contributed by atoms with E-state index in [4.69, 9.17) is 10.5 Å². The maximum Gasteiger partial charge on any atom is 0.0678 e. The first-order valence-electron chi connectivity index (χ1n) is 10.1. The third-order valence-electron chi connectivity index (χ3n) is 5.86. The summed E-state index contributed by atoms with van der Waals surface area (Å²) in [6.45, 7) is 11.2. The summed E-state index contributed by atoms with van der Waals surface area (Å²) in [5.74, 6) is 0.790. The molecular formula is C21H35N3O. The smallest absolute Gasteiger partial charge is 0.0678 e. The minimum absolute atomic E-state index is 0.354. The number of ether oxygens (including phenoxy) is 1. The number of benzene rings is 1. The van der Waals surface area contributed by atoms with Gasteiger partial charge in [0, 0.05) is 32.2 Å². The Hall–Kier alpha value is -1.26. The SMILES string of the molecule is CCCC(C1CCN(c2ccccc2N)CC1)N1C[C@@H](C)O[C@@H](C)C1.